The van der Waals surface area contributed by atoms with Gasteiger partial charge in [-0.2, -0.15) is 0 Å². The Labute approximate surface area is 220 Å². The van der Waals surface area contributed by atoms with Crippen molar-refractivity contribution in [2.24, 2.45) is 17.8 Å². The van der Waals surface area contributed by atoms with Crippen molar-refractivity contribution in [1.29, 1.82) is 0 Å². The van der Waals surface area contributed by atoms with Crippen molar-refractivity contribution < 1.29 is 75.1 Å². The molecule has 0 saturated heterocycles. The Morgan fingerprint density at radius 1 is 0.848 bits per heavy atom. The third-order valence-electron chi connectivity index (χ3n) is 3.79. The molecule has 12 heteroatoms. The quantitative estimate of drug-likeness (QED) is 0.204. The topological polar surface area (TPSA) is 136 Å². The first-order valence-corrected chi connectivity index (χ1v) is 9.59. The van der Waals surface area contributed by atoms with E-state index in [1.54, 1.807) is 21.3 Å². The van der Waals surface area contributed by atoms with Crippen LogP contribution in [-0.4, -0.2) is 34.0 Å². The molecule has 0 N–H and O–H groups in total. The molecule has 1 saturated carbocycles. The standard InChI is InChI=1S/C13H22O.C3H9O3P.5CO.2Co/c1-5-8-14-13-9-11(4)6-7-12(13)10(2)3;1-4-7(5-2)6-3;5*1-2;;/h1,10-13H,6-9H2,2-4H3;1-3H3;;;;;;;/t11-,12+,13-;;;;;;;;/m1......../s1. The molecule has 33 heavy (non-hydrogen) atoms. The number of ether oxygens (including phenoxy) is 1. The summed E-state index contributed by atoms with van der Waals surface area (Å²) < 4.78 is 57.2. The molecule has 0 aromatic heterocycles. The maximum Gasteiger partial charge on any atom is 0 e. The molecule has 3 atom stereocenters. The monoisotopic (exact) mass is 576 g/mol. The fourth-order valence-electron chi connectivity index (χ4n) is 2.69. The predicted octanol–water partition coefficient (Wildman–Crippen LogP) is 4.06. The molecule has 1 aliphatic carbocycles. The summed E-state index contributed by atoms with van der Waals surface area (Å²) in [5.74, 6) is 4.79. The van der Waals surface area contributed by atoms with Crippen LogP contribution in [0.2, 0.25) is 0 Å². The summed E-state index contributed by atoms with van der Waals surface area (Å²) >= 11 is 0. The molecule has 0 bridgehead atoms. The van der Waals surface area contributed by atoms with E-state index >= 15 is 0 Å². The van der Waals surface area contributed by atoms with Gasteiger partial charge in [0.05, 0.1) is 6.10 Å². The van der Waals surface area contributed by atoms with Crippen molar-refractivity contribution in [3.8, 4) is 12.3 Å². The second-order valence-electron chi connectivity index (χ2n) is 5.65. The summed E-state index contributed by atoms with van der Waals surface area (Å²) in [6.45, 7) is 29.9. The Kier molecular flexibility index (Phi) is 86.5. The third kappa shape index (κ3) is 39.1. The van der Waals surface area contributed by atoms with Crippen molar-refractivity contribution in [3.63, 3.8) is 0 Å². The molecule has 0 spiro atoms. The zero-order valence-electron chi connectivity index (χ0n) is 19.5. The van der Waals surface area contributed by atoms with Crippen LogP contribution in [0.4, 0.5) is 0 Å². The van der Waals surface area contributed by atoms with Gasteiger partial charge in [-0.05, 0) is 30.6 Å². The normalized spacial score (nSPS) is 16.5. The third-order valence-corrected chi connectivity index (χ3v) is 4.68. The van der Waals surface area contributed by atoms with E-state index in [1.165, 1.54) is 19.3 Å². The molecular formula is C21H31Co2O9P. The predicted molar refractivity (Wildman–Crippen MR) is 108 cm³/mol. The molecule has 0 heterocycles. The summed E-state index contributed by atoms with van der Waals surface area (Å²) in [6, 6.07) is 0. The first-order valence-electron chi connectivity index (χ1n) is 8.49. The average Bonchev–Trinajstić information content (AvgIpc) is 2.85. The minimum atomic E-state index is -1.05. The Balaban J connectivity index is -0.0000000470. The molecule has 1 rings (SSSR count). The van der Waals surface area contributed by atoms with E-state index in [1.807, 2.05) is 0 Å². The van der Waals surface area contributed by atoms with E-state index in [4.69, 9.17) is 34.4 Å². The van der Waals surface area contributed by atoms with Crippen molar-refractivity contribution in [2.75, 3.05) is 27.9 Å². The Morgan fingerprint density at radius 2 is 1.21 bits per heavy atom. The fraction of sp³-hybridized carbons (Fsp3) is 0.667. The first-order chi connectivity index (χ1) is 15.0. The SMILES string of the molecule is C#CCO[C@@H]1C[C@H](C)CC[C@H]1C(C)C.COP(OC)OC.[C-]#[O+].[C-]#[O+].[C-]#[O+].[C-]#[O+].[C-]#[O+].[Co].[Co]. The van der Waals surface area contributed by atoms with Gasteiger partial charge in [-0.1, -0.05) is 33.1 Å². The van der Waals surface area contributed by atoms with Gasteiger partial charge < -0.3 is 18.3 Å². The van der Waals surface area contributed by atoms with Gasteiger partial charge in [-0.15, -0.1) is 6.42 Å². The van der Waals surface area contributed by atoms with Gasteiger partial charge in [0.2, 0.25) is 0 Å². The molecule has 2 radical (unpaired) electrons. The van der Waals surface area contributed by atoms with Crippen molar-refractivity contribution in [2.45, 2.75) is 46.1 Å². The van der Waals surface area contributed by atoms with Crippen LogP contribution >= 0.6 is 8.60 Å². The number of hydrogen-bond donors (Lipinski definition) is 0. The van der Waals surface area contributed by atoms with Crippen LogP contribution < -0.4 is 0 Å². The van der Waals surface area contributed by atoms with Crippen molar-refractivity contribution in [3.05, 3.63) is 33.3 Å². The Bertz CT molecular complexity index is 445. The zero-order chi connectivity index (χ0) is 26.3. The maximum absolute atomic E-state index is 7.50. The van der Waals surface area contributed by atoms with Crippen LogP contribution in [0.5, 0.6) is 0 Å². The minimum Gasteiger partial charge on any atom is 0 e. The smallest absolute Gasteiger partial charge is 0 e. The second-order valence-corrected chi connectivity index (χ2v) is 7.19. The maximum atomic E-state index is 7.50. The van der Waals surface area contributed by atoms with Gasteiger partial charge in [-0.3, -0.25) is 0 Å². The minimum absolute atomic E-state index is 0. The van der Waals surface area contributed by atoms with E-state index in [-0.39, 0.29) is 33.6 Å². The van der Waals surface area contributed by atoms with Crippen LogP contribution in [0.25, 0.3) is 0 Å². The van der Waals surface area contributed by atoms with Gasteiger partial charge in [0.25, 0.3) is 0 Å². The Morgan fingerprint density at radius 3 is 1.45 bits per heavy atom. The van der Waals surface area contributed by atoms with Crippen LogP contribution in [0, 0.1) is 63.3 Å². The molecule has 0 aliphatic heterocycles. The Hall–Kier alpha value is -0.457. The summed E-state index contributed by atoms with van der Waals surface area (Å²) in [6.07, 6.45) is 9.46. The van der Waals surface area contributed by atoms with E-state index < -0.39 is 8.60 Å². The van der Waals surface area contributed by atoms with Gasteiger partial charge in [-0.25, -0.2) is 0 Å². The molecule has 0 amide bonds. The van der Waals surface area contributed by atoms with E-state index in [0.29, 0.717) is 24.5 Å². The molecule has 1 fully saturated rings. The van der Waals surface area contributed by atoms with Gasteiger partial charge in [0.1, 0.15) is 6.61 Å². The largest absolute Gasteiger partial charge is 0 e. The average molecular weight is 576 g/mol. The molecule has 0 aromatic rings. The van der Waals surface area contributed by atoms with Crippen LogP contribution in [0.1, 0.15) is 40.0 Å². The van der Waals surface area contributed by atoms with Crippen LogP contribution in [0.3, 0.4) is 0 Å². The summed E-state index contributed by atoms with van der Waals surface area (Å²) in [4.78, 5) is 0. The number of rotatable bonds is 6. The van der Waals surface area contributed by atoms with Gasteiger partial charge >= 0.3 is 65.1 Å². The molecule has 0 aromatic carbocycles. The van der Waals surface area contributed by atoms with Crippen molar-refractivity contribution in [1.82, 2.24) is 0 Å². The molecule has 192 valence electrons. The van der Waals surface area contributed by atoms with Gasteiger partial charge in [0.15, 0.2) is 0 Å². The van der Waals surface area contributed by atoms with Crippen molar-refractivity contribution >= 4 is 8.60 Å². The number of terminal acetylenes is 1. The summed E-state index contributed by atoms with van der Waals surface area (Å²) in [7, 11) is 3.57. The van der Waals surface area contributed by atoms with E-state index in [9.17, 15) is 0 Å². The zero-order valence-corrected chi connectivity index (χ0v) is 22.5. The number of hydrogen-bond acceptors (Lipinski definition) is 4. The van der Waals surface area contributed by atoms with E-state index in [2.05, 4.69) is 73.5 Å². The van der Waals surface area contributed by atoms with E-state index in [0.717, 1.165) is 5.92 Å². The fourth-order valence-corrected chi connectivity index (χ4v) is 3.13. The molecule has 0 unspecified atom stereocenters. The summed E-state index contributed by atoms with van der Waals surface area (Å²) in [5, 5.41) is 0. The van der Waals surface area contributed by atoms with Crippen LogP contribution in [-0.2, 0) is 75.1 Å². The molecule has 1 aliphatic rings. The molecule has 9 nitrogen and oxygen atoms in total. The van der Waals surface area contributed by atoms with Crippen LogP contribution in [0.15, 0.2) is 0 Å². The summed E-state index contributed by atoms with van der Waals surface area (Å²) in [5.41, 5.74) is 0. The van der Waals surface area contributed by atoms with Gasteiger partial charge in [0, 0.05) is 54.9 Å². The molecular weight excluding hydrogens is 545 g/mol. The first kappa shape index (κ1) is 53.8. The second kappa shape index (κ2) is 53.1.